The molecule has 2 aromatic rings. The van der Waals surface area contributed by atoms with Crippen LogP contribution in [0.25, 0.3) is 5.65 Å². The fourth-order valence-corrected chi connectivity index (χ4v) is 1.96. The highest BCUT2D eigenvalue weighted by molar-refractivity contribution is 6.29. The normalized spacial score (nSPS) is 12.0. The van der Waals surface area contributed by atoms with E-state index >= 15 is 0 Å². The largest absolute Gasteiger partial charge is 0.443 e. The Morgan fingerprint density at radius 2 is 2.09 bits per heavy atom. The van der Waals surface area contributed by atoms with E-state index in [9.17, 15) is 15.0 Å². The molecule has 120 valence electrons. The molecule has 9 heteroatoms. The maximum atomic E-state index is 12.2. The number of nitrogens with zero attached hydrogens (tertiary/aromatic N) is 4. The lowest BCUT2D eigenvalue weighted by molar-refractivity contribution is -0.0414. The monoisotopic (exact) mass is 328 g/mol. The van der Waals surface area contributed by atoms with Crippen LogP contribution in [0.4, 0.5) is 10.6 Å². The smallest absolute Gasteiger partial charge is 0.415 e. The van der Waals surface area contributed by atoms with Crippen molar-refractivity contribution in [3.8, 4) is 0 Å². The summed E-state index contributed by atoms with van der Waals surface area (Å²) in [5, 5.41) is 22.7. The summed E-state index contributed by atoms with van der Waals surface area (Å²) in [5.41, 5.74) is -0.424. The lowest BCUT2D eigenvalue weighted by Crippen LogP contribution is -2.35. The van der Waals surface area contributed by atoms with Crippen molar-refractivity contribution in [1.29, 1.82) is 0 Å². The molecule has 0 saturated heterocycles. The summed E-state index contributed by atoms with van der Waals surface area (Å²) in [5.74, 6) is 0.288. The minimum atomic E-state index is -1.75. The van der Waals surface area contributed by atoms with E-state index in [2.05, 4.69) is 10.1 Å². The zero-order chi connectivity index (χ0) is 16.7. The van der Waals surface area contributed by atoms with Crippen molar-refractivity contribution >= 4 is 29.2 Å². The molecule has 0 aliphatic rings. The summed E-state index contributed by atoms with van der Waals surface area (Å²) >= 11 is 5.94. The molecular formula is C13H17ClN4O4. The summed E-state index contributed by atoms with van der Waals surface area (Å²) in [6.07, 6.45) is -1.10. The predicted octanol–water partition coefficient (Wildman–Crippen LogP) is 1.74. The Kier molecular flexibility index (Phi) is 4.28. The van der Waals surface area contributed by atoms with Gasteiger partial charge in [0.25, 0.3) is 0 Å². The molecule has 2 rings (SSSR count). The van der Waals surface area contributed by atoms with Gasteiger partial charge in [0.15, 0.2) is 11.9 Å². The third-order valence-corrected chi connectivity index (χ3v) is 2.93. The Morgan fingerprint density at radius 1 is 1.45 bits per heavy atom. The zero-order valence-corrected chi connectivity index (χ0v) is 13.4. The summed E-state index contributed by atoms with van der Waals surface area (Å²) in [6, 6.07) is 1.43. The lowest BCUT2D eigenvalue weighted by atomic mass is 10.2. The molecule has 0 spiro atoms. The molecule has 0 radical (unpaired) electrons. The van der Waals surface area contributed by atoms with Crippen molar-refractivity contribution in [3.05, 3.63) is 23.0 Å². The van der Waals surface area contributed by atoms with E-state index in [1.165, 1.54) is 28.7 Å². The molecule has 0 fully saturated rings. The number of fused-ring (bicyclic) bond motifs is 1. The van der Waals surface area contributed by atoms with Gasteiger partial charge in [-0.15, -0.1) is 0 Å². The van der Waals surface area contributed by atoms with E-state index in [0.717, 1.165) is 0 Å². The van der Waals surface area contributed by atoms with Crippen LogP contribution in [0.5, 0.6) is 0 Å². The minimum absolute atomic E-state index is 0.0836. The molecule has 0 aromatic carbocycles. The van der Waals surface area contributed by atoms with E-state index in [0.29, 0.717) is 0 Å². The van der Waals surface area contributed by atoms with Gasteiger partial charge in [-0.25, -0.2) is 9.78 Å². The van der Waals surface area contributed by atoms with Gasteiger partial charge in [0.1, 0.15) is 16.6 Å². The van der Waals surface area contributed by atoms with Crippen molar-refractivity contribution < 1.29 is 19.7 Å². The van der Waals surface area contributed by atoms with Crippen molar-refractivity contribution in [2.75, 3.05) is 11.9 Å². The third kappa shape index (κ3) is 3.29. The number of amides is 1. The maximum absolute atomic E-state index is 12.2. The van der Waals surface area contributed by atoms with Crippen LogP contribution in [0.2, 0.25) is 5.15 Å². The van der Waals surface area contributed by atoms with E-state index in [1.54, 1.807) is 20.8 Å². The highest BCUT2D eigenvalue weighted by atomic mass is 35.5. The van der Waals surface area contributed by atoms with Crippen molar-refractivity contribution in [1.82, 2.24) is 14.6 Å². The molecule has 2 N–H and O–H groups in total. The van der Waals surface area contributed by atoms with Gasteiger partial charge in [-0.05, 0) is 20.8 Å². The average Bonchev–Trinajstić information content (AvgIpc) is 2.78. The van der Waals surface area contributed by atoms with Gasteiger partial charge in [-0.3, -0.25) is 4.90 Å². The van der Waals surface area contributed by atoms with Gasteiger partial charge in [-0.1, -0.05) is 11.6 Å². The number of aromatic nitrogens is 3. The Labute approximate surface area is 131 Å². The Hall–Kier alpha value is -1.90. The molecule has 0 saturated carbocycles. The van der Waals surface area contributed by atoms with E-state index < -0.39 is 18.0 Å². The number of rotatable bonds is 2. The number of ether oxygens (including phenoxy) is 1. The number of hydrogen-bond donors (Lipinski definition) is 2. The Balaban J connectivity index is 2.49. The van der Waals surface area contributed by atoms with E-state index in [4.69, 9.17) is 16.3 Å². The van der Waals surface area contributed by atoms with Crippen LogP contribution in [0.15, 0.2) is 12.3 Å². The molecule has 0 aliphatic heterocycles. The molecule has 0 aliphatic carbocycles. The second-order valence-corrected chi connectivity index (χ2v) is 6.07. The van der Waals surface area contributed by atoms with Gasteiger partial charge in [0.2, 0.25) is 0 Å². The quantitative estimate of drug-likeness (QED) is 0.643. The van der Waals surface area contributed by atoms with Gasteiger partial charge in [-0.2, -0.15) is 9.61 Å². The molecule has 1 amide bonds. The van der Waals surface area contributed by atoms with Gasteiger partial charge in [0.05, 0.1) is 11.8 Å². The maximum Gasteiger partial charge on any atom is 0.415 e. The Morgan fingerprint density at radius 3 is 2.64 bits per heavy atom. The summed E-state index contributed by atoms with van der Waals surface area (Å²) in [6.45, 7) is 5.26. The van der Waals surface area contributed by atoms with Crippen LogP contribution in [0.3, 0.4) is 0 Å². The summed E-state index contributed by atoms with van der Waals surface area (Å²) in [4.78, 5) is 17.4. The first kappa shape index (κ1) is 16.5. The zero-order valence-electron chi connectivity index (χ0n) is 12.6. The van der Waals surface area contributed by atoms with Crippen LogP contribution in [-0.2, 0) is 4.74 Å². The molecule has 8 nitrogen and oxygen atoms in total. The minimum Gasteiger partial charge on any atom is -0.443 e. The highest BCUT2D eigenvalue weighted by Crippen LogP contribution is 2.24. The second-order valence-electron chi connectivity index (χ2n) is 5.69. The highest BCUT2D eigenvalue weighted by Gasteiger charge is 2.24. The van der Waals surface area contributed by atoms with Crippen LogP contribution in [0, 0.1) is 0 Å². The average molecular weight is 329 g/mol. The number of carbonyl (C=O) groups is 1. The second kappa shape index (κ2) is 5.71. The molecule has 0 unspecified atom stereocenters. The fourth-order valence-electron chi connectivity index (χ4n) is 1.78. The van der Waals surface area contributed by atoms with Crippen molar-refractivity contribution in [3.63, 3.8) is 0 Å². The van der Waals surface area contributed by atoms with Gasteiger partial charge < -0.3 is 14.9 Å². The van der Waals surface area contributed by atoms with Crippen LogP contribution >= 0.6 is 11.6 Å². The third-order valence-electron chi connectivity index (χ3n) is 2.74. The van der Waals surface area contributed by atoms with E-state index in [-0.39, 0.29) is 22.2 Å². The number of hydrogen-bond acceptors (Lipinski definition) is 6. The number of aliphatic hydroxyl groups is 2. The standard InChI is InChI=1S/C13H17ClN4O4/c1-13(2,3)22-12(21)17(4)9-5-8(14)16-10-7(11(19)20)6-15-18(9)10/h5-6,11,19-20H,1-4H3. The number of carbonyl (C=O) groups excluding carboxylic acids is 1. The van der Waals surface area contributed by atoms with E-state index in [1.807, 2.05) is 0 Å². The van der Waals surface area contributed by atoms with Crippen LogP contribution in [0.1, 0.15) is 32.6 Å². The SMILES string of the molecule is CN(C(=O)OC(C)(C)C)c1cc(Cl)nc2c(C(O)O)cnn12. The lowest BCUT2D eigenvalue weighted by Gasteiger charge is -2.24. The fraction of sp³-hybridized carbons (Fsp3) is 0.462. The van der Waals surface area contributed by atoms with Gasteiger partial charge >= 0.3 is 6.09 Å². The van der Waals surface area contributed by atoms with Gasteiger partial charge in [0, 0.05) is 13.1 Å². The Bertz CT molecular complexity index is 708. The first-order valence-corrected chi connectivity index (χ1v) is 6.85. The van der Waals surface area contributed by atoms with Crippen LogP contribution in [-0.4, -0.2) is 43.6 Å². The summed E-state index contributed by atoms with van der Waals surface area (Å²) < 4.78 is 6.56. The molecule has 22 heavy (non-hydrogen) atoms. The van der Waals surface area contributed by atoms with Crippen LogP contribution < -0.4 is 4.90 Å². The molecule has 2 aromatic heterocycles. The molecule has 0 atom stereocenters. The van der Waals surface area contributed by atoms with Crippen molar-refractivity contribution in [2.24, 2.45) is 0 Å². The van der Waals surface area contributed by atoms with Crippen molar-refractivity contribution in [2.45, 2.75) is 32.7 Å². The first-order valence-electron chi connectivity index (χ1n) is 6.47. The number of aliphatic hydroxyl groups excluding tert-OH is 1. The topological polar surface area (TPSA) is 100 Å². The molecule has 2 heterocycles. The molecular weight excluding hydrogens is 312 g/mol. The predicted molar refractivity (Wildman–Crippen MR) is 79.8 cm³/mol. The molecule has 0 bridgehead atoms. The summed E-state index contributed by atoms with van der Waals surface area (Å²) in [7, 11) is 1.50. The number of anilines is 1. The first-order chi connectivity index (χ1) is 10.1. The number of halogens is 1.